The van der Waals surface area contributed by atoms with Crippen molar-refractivity contribution in [2.75, 3.05) is 19.8 Å². The molecule has 4 saturated heterocycles. The summed E-state index contributed by atoms with van der Waals surface area (Å²) in [7, 11) is 0. The fourth-order valence-electron chi connectivity index (χ4n) is 2.74. The standard InChI is InChI=1S/C10H15N3O4/c1-9(2)16-7-6-3-15-10(5-14-6,4-12-13-11)8(7)17-9/h6-8H,3-5H2,1-2H3/t6?,7-,8-,10+/m1/s1. The van der Waals surface area contributed by atoms with Crippen LogP contribution < -0.4 is 0 Å². The third-order valence-electron chi connectivity index (χ3n) is 3.49. The molecule has 0 aliphatic carbocycles. The van der Waals surface area contributed by atoms with E-state index >= 15 is 0 Å². The molecule has 0 N–H and O–H groups in total. The predicted octanol–water partition coefficient (Wildman–Crippen LogP) is 0.985. The predicted molar refractivity (Wildman–Crippen MR) is 56.3 cm³/mol. The van der Waals surface area contributed by atoms with Crippen molar-refractivity contribution < 1.29 is 18.9 Å². The van der Waals surface area contributed by atoms with Crippen LogP contribution in [0.2, 0.25) is 0 Å². The summed E-state index contributed by atoms with van der Waals surface area (Å²) in [6.45, 7) is 4.79. The number of fused-ring (bicyclic) bond motifs is 2. The van der Waals surface area contributed by atoms with Gasteiger partial charge in [0, 0.05) is 4.91 Å². The Morgan fingerprint density at radius 3 is 2.88 bits per heavy atom. The van der Waals surface area contributed by atoms with E-state index in [1.165, 1.54) is 0 Å². The molecular formula is C10H15N3O4. The number of ether oxygens (including phenoxy) is 4. The van der Waals surface area contributed by atoms with Crippen LogP contribution in [0, 0.1) is 0 Å². The lowest BCUT2D eigenvalue weighted by Crippen LogP contribution is -2.68. The van der Waals surface area contributed by atoms with E-state index in [1.54, 1.807) is 0 Å². The van der Waals surface area contributed by atoms with Crippen molar-refractivity contribution in [3.05, 3.63) is 10.4 Å². The average molecular weight is 241 g/mol. The van der Waals surface area contributed by atoms with Gasteiger partial charge in [0.25, 0.3) is 0 Å². The van der Waals surface area contributed by atoms with E-state index in [-0.39, 0.29) is 24.9 Å². The molecule has 4 atom stereocenters. The van der Waals surface area contributed by atoms with E-state index in [2.05, 4.69) is 10.0 Å². The van der Waals surface area contributed by atoms with E-state index in [9.17, 15) is 0 Å². The average Bonchev–Trinajstić information content (AvgIpc) is 2.65. The van der Waals surface area contributed by atoms with E-state index < -0.39 is 11.4 Å². The summed E-state index contributed by atoms with van der Waals surface area (Å²) in [5, 5.41) is 3.61. The molecule has 17 heavy (non-hydrogen) atoms. The van der Waals surface area contributed by atoms with E-state index in [0.29, 0.717) is 13.2 Å². The summed E-state index contributed by atoms with van der Waals surface area (Å²) in [4.78, 5) is 2.78. The van der Waals surface area contributed by atoms with Crippen LogP contribution >= 0.6 is 0 Å². The van der Waals surface area contributed by atoms with Crippen molar-refractivity contribution in [1.82, 2.24) is 0 Å². The third-order valence-corrected chi connectivity index (χ3v) is 3.49. The molecule has 0 aromatic heterocycles. The van der Waals surface area contributed by atoms with Gasteiger partial charge in [-0.25, -0.2) is 0 Å². The van der Waals surface area contributed by atoms with Gasteiger partial charge in [0.05, 0.1) is 19.8 Å². The number of hydrogen-bond donors (Lipinski definition) is 0. The highest BCUT2D eigenvalue weighted by Crippen LogP contribution is 2.45. The molecule has 0 spiro atoms. The number of rotatable bonds is 2. The van der Waals surface area contributed by atoms with Crippen molar-refractivity contribution in [2.24, 2.45) is 5.11 Å². The second-order valence-corrected chi connectivity index (χ2v) is 5.13. The van der Waals surface area contributed by atoms with Gasteiger partial charge >= 0.3 is 0 Å². The second kappa shape index (κ2) is 3.57. The Morgan fingerprint density at radius 1 is 1.41 bits per heavy atom. The first-order valence-electron chi connectivity index (χ1n) is 5.68. The largest absolute Gasteiger partial charge is 0.370 e. The Hall–Kier alpha value is -0.850. The summed E-state index contributed by atoms with van der Waals surface area (Å²) in [6, 6.07) is 0. The Morgan fingerprint density at radius 2 is 2.24 bits per heavy atom. The Bertz CT molecular complexity index is 372. The molecule has 0 radical (unpaired) electrons. The Labute approximate surface area is 98.6 Å². The summed E-state index contributed by atoms with van der Waals surface area (Å²) in [5.41, 5.74) is 7.76. The maximum absolute atomic E-state index is 8.45. The lowest BCUT2D eigenvalue weighted by atomic mass is 9.85. The molecule has 1 unspecified atom stereocenters. The topological polar surface area (TPSA) is 85.7 Å². The molecule has 4 aliphatic heterocycles. The maximum atomic E-state index is 8.45. The zero-order chi connectivity index (χ0) is 12.1. The lowest BCUT2D eigenvalue weighted by Gasteiger charge is -2.50. The highest BCUT2D eigenvalue weighted by molar-refractivity contribution is 5.09. The SMILES string of the molecule is CC1(C)O[C@@H]2C3CO[C@@](CN=[N+]=[N-])(CO3)[C@@H]2O1. The zero-order valence-electron chi connectivity index (χ0n) is 9.83. The van der Waals surface area contributed by atoms with Gasteiger partial charge in [-0.05, 0) is 19.4 Å². The van der Waals surface area contributed by atoms with Crippen molar-refractivity contribution in [2.45, 2.75) is 43.5 Å². The van der Waals surface area contributed by atoms with Crippen LogP contribution in [-0.4, -0.2) is 49.5 Å². The molecule has 7 nitrogen and oxygen atoms in total. The van der Waals surface area contributed by atoms with Gasteiger partial charge in [0.1, 0.15) is 23.9 Å². The number of nitrogens with zero attached hydrogens (tertiary/aromatic N) is 3. The molecule has 0 saturated carbocycles. The quantitative estimate of drug-likeness (QED) is 0.410. The third kappa shape index (κ3) is 1.63. The molecule has 0 amide bonds. The highest BCUT2D eigenvalue weighted by Gasteiger charge is 2.62. The molecule has 4 rings (SSSR count). The number of azide groups is 1. The summed E-state index contributed by atoms with van der Waals surface area (Å²) >= 11 is 0. The molecule has 94 valence electrons. The lowest BCUT2D eigenvalue weighted by molar-refractivity contribution is -0.284. The van der Waals surface area contributed by atoms with Crippen molar-refractivity contribution >= 4 is 0 Å². The smallest absolute Gasteiger partial charge is 0.164 e. The van der Waals surface area contributed by atoms with Gasteiger partial charge in [-0.15, -0.1) is 0 Å². The van der Waals surface area contributed by atoms with Crippen molar-refractivity contribution in [3.8, 4) is 0 Å². The molecule has 2 bridgehead atoms. The normalized spacial score (nSPS) is 46.4. The van der Waals surface area contributed by atoms with Gasteiger partial charge in [-0.2, -0.15) is 0 Å². The fourth-order valence-corrected chi connectivity index (χ4v) is 2.74. The molecule has 4 aliphatic rings. The Kier molecular flexibility index (Phi) is 2.36. The molecule has 4 fully saturated rings. The highest BCUT2D eigenvalue weighted by atomic mass is 16.8. The van der Waals surface area contributed by atoms with Gasteiger partial charge in [-0.1, -0.05) is 5.11 Å². The minimum atomic E-state index is -0.695. The molecule has 7 heteroatoms. The van der Waals surface area contributed by atoms with Crippen LogP contribution in [0.4, 0.5) is 0 Å². The second-order valence-electron chi connectivity index (χ2n) is 5.13. The van der Waals surface area contributed by atoms with Gasteiger partial charge in [0.2, 0.25) is 0 Å². The zero-order valence-corrected chi connectivity index (χ0v) is 9.83. The van der Waals surface area contributed by atoms with Crippen LogP contribution in [0.5, 0.6) is 0 Å². The molecule has 4 heterocycles. The van der Waals surface area contributed by atoms with Gasteiger partial charge in [-0.3, -0.25) is 0 Å². The minimum Gasteiger partial charge on any atom is -0.370 e. The minimum absolute atomic E-state index is 0.0882. The van der Waals surface area contributed by atoms with Crippen LogP contribution in [0.25, 0.3) is 10.4 Å². The van der Waals surface area contributed by atoms with Crippen LogP contribution in [-0.2, 0) is 18.9 Å². The van der Waals surface area contributed by atoms with Crippen molar-refractivity contribution in [3.63, 3.8) is 0 Å². The van der Waals surface area contributed by atoms with Crippen molar-refractivity contribution in [1.29, 1.82) is 0 Å². The van der Waals surface area contributed by atoms with E-state index in [0.717, 1.165) is 0 Å². The van der Waals surface area contributed by atoms with E-state index in [1.807, 2.05) is 13.8 Å². The number of hydrogen-bond acceptors (Lipinski definition) is 5. The summed E-state index contributed by atoms with van der Waals surface area (Å²) in [5.74, 6) is -0.642. The first-order chi connectivity index (χ1) is 8.06. The summed E-state index contributed by atoms with van der Waals surface area (Å²) in [6.07, 6.45) is -0.452. The molecule has 0 aromatic rings. The fraction of sp³-hybridized carbons (Fsp3) is 1.00. The molecular weight excluding hydrogens is 226 g/mol. The van der Waals surface area contributed by atoms with Gasteiger partial charge < -0.3 is 18.9 Å². The van der Waals surface area contributed by atoms with Crippen LogP contribution in [0.15, 0.2) is 5.11 Å². The van der Waals surface area contributed by atoms with E-state index in [4.69, 9.17) is 24.5 Å². The maximum Gasteiger partial charge on any atom is 0.164 e. The van der Waals surface area contributed by atoms with Crippen LogP contribution in [0.3, 0.4) is 0 Å². The summed E-state index contributed by atoms with van der Waals surface area (Å²) < 4.78 is 23.2. The first-order valence-corrected chi connectivity index (χ1v) is 5.68. The first kappa shape index (κ1) is 11.3. The Balaban J connectivity index is 1.91. The van der Waals surface area contributed by atoms with Gasteiger partial charge in [0.15, 0.2) is 5.79 Å². The monoisotopic (exact) mass is 241 g/mol. The van der Waals surface area contributed by atoms with Crippen LogP contribution in [0.1, 0.15) is 13.8 Å². The molecule has 0 aromatic carbocycles.